The van der Waals surface area contributed by atoms with Crippen LogP contribution in [0.15, 0.2) is 77.7 Å². The molecule has 0 aliphatic carbocycles. The van der Waals surface area contributed by atoms with E-state index in [4.69, 9.17) is 37.4 Å². The summed E-state index contributed by atoms with van der Waals surface area (Å²) < 4.78 is 31.0. The van der Waals surface area contributed by atoms with Crippen LogP contribution < -0.4 is 15.0 Å². The van der Waals surface area contributed by atoms with Crippen molar-refractivity contribution in [1.29, 1.82) is 0 Å². The molecule has 0 aliphatic heterocycles. The standard InChI is InChI=1S/C24H17Cl2FN2O4/c1-31-14-32-22-12-17(27)6-11-20(22)15-2-9-19(10-3-15)33-23-21(26)13-28-29(24(23)30)18-7-4-16(25)5-8-18/h2-13H,14H2,1H3. The average molecular weight is 487 g/mol. The van der Waals surface area contributed by atoms with Crippen molar-refractivity contribution in [1.82, 2.24) is 9.78 Å². The van der Waals surface area contributed by atoms with Crippen molar-refractivity contribution in [3.8, 4) is 34.1 Å². The molecule has 6 nitrogen and oxygen atoms in total. The lowest BCUT2D eigenvalue weighted by atomic mass is 10.0. The highest BCUT2D eigenvalue weighted by atomic mass is 35.5. The van der Waals surface area contributed by atoms with Crippen molar-refractivity contribution < 1.29 is 18.6 Å². The Morgan fingerprint density at radius 1 is 1.00 bits per heavy atom. The van der Waals surface area contributed by atoms with Crippen LogP contribution in [0, 0.1) is 5.82 Å². The summed E-state index contributed by atoms with van der Waals surface area (Å²) in [6.45, 7) is -0.0158. The Hall–Kier alpha value is -3.39. The number of methoxy groups -OCH3 is 1. The van der Waals surface area contributed by atoms with E-state index in [1.807, 2.05) is 0 Å². The maximum atomic E-state index is 13.7. The number of halogens is 3. The second-order valence-corrected chi connectivity index (χ2v) is 7.68. The van der Waals surface area contributed by atoms with Gasteiger partial charge in [-0.05, 0) is 54.1 Å². The molecule has 33 heavy (non-hydrogen) atoms. The van der Waals surface area contributed by atoms with E-state index >= 15 is 0 Å². The fourth-order valence-electron chi connectivity index (χ4n) is 3.07. The van der Waals surface area contributed by atoms with E-state index < -0.39 is 11.4 Å². The molecule has 0 spiro atoms. The fourth-order valence-corrected chi connectivity index (χ4v) is 3.36. The first-order valence-corrected chi connectivity index (χ1v) is 10.4. The van der Waals surface area contributed by atoms with Gasteiger partial charge >= 0.3 is 5.56 Å². The molecule has 0 saturated heterocycles. The molecule has 4 aromatic rings. The predicted octanol–water partition coefficient (Wildman–Crippen LogP) is 6.12. The molecule has 0 fully saturated rings. The molecule has 0 aliphatic rings. The average Bonchev–Trinajstić information content (AvgIpc) is 2.82. The van der Waals surface area contributed by atoms with Gasteiger partial charge in [-0.3, -0.25) is 4.79 Å². The molecule has 1 aromatic heterocycles. The fraction of sp³-hybridized carbons (Fsp3) is 0.0833. The van der Waals surface area contributed by atoms with E-state index in [0.29, 0.717) is 27.8 Å². The van der Waals surface area contributed by atoms with Crippen molar-refractivity contribution >= 4 is 23.2 Å². The molecule has 0 N–H and O–H groups in total. The van der Waals surface area contributed by atoms with Gasteiger partial charge in [0.25, 0.3) is 0 Å². The summed E-state index contributed by atoms with van der Waals surface area (Å²) in [7, 11) is 1.48. The lowest BCUT2D eigenvalue weighted by molar-refractivity contribution is 0.0513. The zero-order valence-corrected chi connectivity index (χ0v) is 18.8. The van der Waals surface area contributed by atoms with Gasteiger partial charge in [-0.15, -0.1) is 0 Å². The first-order chi connectivity index (χ1) is 16.0. The van der Waals surface area contributed by atoms with Gasteiger partial charge in [0, 0.05) is 23.8 Å². The lowest BCUT2D eigenvalue weighted by Gasteiger charge is -2.13. The smallest absolute Gasteiger partial charge is 0.316 e. The molecule has 4 rings (SSSR count). The molecule has 0 unspecified atom stereocenters. The summed E-state index contributed by atoms with van der Waals surface area (Å²) in [5.41, 5.74) is 1.42. The molecular weight excluding hydrogens is 470 g/mol. The molecule has 0 atom stereocenters. The van der Waals surface area contributed by atoms with E-state index in [9.17, 15) is 9.18 Å². The van der Waals surface area contributed by atoms with Crippen LogP contribution in [0.2, 0.25) is 10.0 Å². The Bertz CT molecular complexity index is 1330. The molecule has 0 amide bonds. The summed E-state index contributed by atoms with van der Waals surface area (Å²) >= 11 is 12.1. The molecule has 168 valence electrons. The largest absolute Gasteiger partial charge is 0.467 e. The number of aromatic nitrogens is 2. The monoisotopic (exact) mass is 486 g/mol. The van der Waals surface area contributed by atoms with Gasteiger partial charge in [-0.1, -0.05) is 35.3 Å². The van der Waals surface area contributed by atoms with E-state index in [1.54, 1.807) is 54.6 Å². The van der Waals surface area contributed by atoms with Crippen molar-refractivity contribution in [2.45, 2.75) is 0 Å². The lowest BCUT2D eigenvalue weighted by Crippen LogP contribution is -2.22. The summed E-state index contributed by atoms with van der Waals surface area (Å²) in [6.07, 6.45) is 1.33. The van der Waals surface area contributed by atoms with Crippen molar-refractivity contribution in [2.75, 3.05) is 13.9 Å². The van der Waals surface area contributed by atoms with Gasteiger partial charge < -0.3 is 14.2 Å². The quantitative estimate of drug-likeness (QED) is 0.294. The SMILES string of the molecule is COCOc1cc(F)ccc1-c1ccc(Oc2c(Cl)cnn(-c3ccc(Cl)cc3)c2=O)cc1. The topological polar surface area (TPSA) is 62.6 Å². The number of benzene rings is 3. The summed E-state index contributed by atoms with van der Waals surface area (Å²) in [5.74, 6) is 0.232. The first-order valence-electron chi connectivity index (χ1n) is 9.69. The Morgan fingerprint density at radius 3 is 2.42 bits per heavy atom. The van der Waals surface area contributed by atoms with Gasteiger partial charge in [0.2, 0.25) is 5.75 Å². The Kier molecular flexibility index (Phi) is 6.93. The third-order valence-corrected chi connectivity index (χ3v) is 5.14. The van der Waals surface area contributed by atoms with E-state index in [-0.39, 0.29) is 17.6 Å². The number of hydrogen-bond acceptors (Lipinski definition) is 5. The van der Waals surface area contributed by atoms with Crippen LogP contribution in [0.3, 0.4) is 0 Å². The van der Waals surface area contributed by atoms with Crippen molar-refractivity contribution in [3.63, 3.8) is 0 Å². The predicted molar refractivity (Wildman–Crippen MR) is 124 cm³/mol. The minimum absolute atomic E-state index is 0.0158. The highest BCUT2D eigenvalue weighted by Gasteiger charge is 2.15. The summed E-state index contributed by atoms with van der Waals surface area (Å²) in [5, 5.41) is 4.68. The number of rotatable bonds is 7. The Labute approximate surface area is 198 Å². The molecule has 0 radical (unpaired) electrons. The second-order valence-electron chi connectivity index (χ2n) is 6.83. The molecular formula is C24H17Cl2FN2O4. The van der Waals surface area contributed by atoms with Crippen LogP contribution in [0.25, 0.3) is 16.8 Å². The molecule has 0 bridgehead atoms. The van der Waals surface area contributed by atoms with Crippen LogP contribution in [0.1, 0.15) is 0 Å². The van der Waals surface area contributed by atoms with Gasteiger partial charge in [-0.25, -0.2) is 4.39 Å². The minimum atomic E-state index is -0.525. The minimum Gasteiger partial charge on any atom is -0.467 e. The molecule has 9 heteroatoms. The Morgan fingerprint density at radius 2 is 1.73 bits per heavy atom. The summed E-state index contributed by atoms with van der Waals surface area (Å²) in [4.78, 5) is 12.9. The van der Waals surface area contributed by atoms with E-state index in [2.05, 4.69) is 5.10 Å². The van der Waals surface area contributed by atoms with Crippen molar-refractivity contribution in [3.05, 3.63) is 99.1 Å². The zero-order valence-electron chi connectivity index (χ0n) is 17.3. The van der Waals surface area contributed by atoms with E-state index in [1.165, 1.54) is 30.1 Å². The van der Waals surface area contributed by atoms with Crippen molar-refractivity contribution in [2.24, 2.45) is 0 Å². The van der Waals surface area contributed by atoms with E-state index in [0.717, 1.165) is 5.56 Å². The first kappa shape index (κ1) is 22.8. The normalized spacial score (nSPS) is 10.8. The number of nitrogens with zero attached hydrogens (tertiary/aromatic N) is 2. The molecule has 3 aromatic carbocycles. The highest BCUT2D eigenvalue weighted by Crippen LogP contribution is 2.33. The van der Waals surface area contributed by atoms with Crippen LogP contribution >= 0.6 is 23.2 Å². The van der Waals surface area contributed by atoms with Crippen LogP contribution in [-0.2, 0) is 4.74 Å². The van der Waals surface area contributed by atoms with Crippen LogP contribution in [0.4, 0.5) is 4.39 Å². The Balaban J connectivity index is 1.62. The van der Waals surface area contributed by atoms with Gasteiger partial charge in [-0.2, -0.15) is 9.78 Å². The maximum absolute atomic E-state index is 13.7. The number of hydrogen-bond donors (Lipinski definition) is 0. The summed E-state index contributed by atoms with van der Waals surface area (Å²) in [6, 6.07) is 17.7. The zero-order chi connectivity index (χ0) is 23.4. The maximum Gasteiger partial charge on any atom is 0.316 e. The second kappa shape index (κ2) is 10.0. The van der Waals surface area contributed by atoms with Gasteiger partial charge in [0.1, 0.15) is 22.3 Å². The molecule has 0 saturated carbocycles. The van der Waals surface area contributed by atoms with Gasteiger partial charge in [0.05, 0.1) is 11.9 Å². The third kappa shape index (κ3) is 5.17. The highest BCUT2D eigenvalue weighted by molar-refractivity contribution is 6.31. The van der Waals surface area contributed by atoms with Crippen LogP contribution in [-0.4, -0.2) is 23.7 Å². The van der Waals surface area contributed by atoms with Gasteiger partial charge in [0.15, 0.2) is 6.79 Å². The number of ether oxygens (including phenoxy) is 3. The third-order valence-electron chi connectivity index (χ3n) is 4.62. The molecule has 1 heterocycles. The van der Waals surface area contributed by atoms with Crippen LogP contribution in [0.5, 0.6) is 17.2 Å².